The Morgan fingerprint density at radius 3 is 2.37 bits per heavy atom. The fraction of sp³-hybridized carbons (Fsp3) is 0.280. The first-order chi connectivity index (χ1) is 13.4. The van der Waals surface area contributed by atoms with Crippen LogP contribution in [-0.2, 0) is 12.0 Å². The Labute approximate surface area is 161 Å². The highest BCUT2D eigenvalue weighted by Gasteiger charge is 2.52. The Morgan fingerprint density at radius 2 is 1.56 bits per heavy atom. The van der Waals surface area contributed by atoms with Gasteiger partial charge in [0.2, 0.25) is 0 Å². The van der Waals surface area contributed by atoms with E-state index >= 15 is 0 Å². The van der Waals surface area contributed by atoms with Gasteiger partial charge in [-0.3, -0.25) is 0 Å². The average Bonchev–Trinajstić information content (AvgIpc) is 3.09. The van der Waals surface area contributed by atoms with E-state index in [9.17, 15) is 0 Å². The van der Waals surface area contributed by atoms with Crippen molar-refractivity contribution in [2.45, 2.75) is 24.4 Å². The van der Waals surface area contributed by atoms with Gasteiger partial charge in [-0.05, 0) is 23.6 Å². The van der Waals surface area contributed by atoms with E-state index in [1.165, 1.54) is 16.7 Å². The summed E-state index contributed by atoms with van der Waals surface area (Å²) in [7, 11) is 0. The molecule has 1 fully saturated rings. The van der Waals surface area contributed by atoms with Gasteiger partial charge in [-0.25, -0.2) is 0 Å². The standard InChI is InChI=1S/C25H25NO/c1-3-9-20(10-4-1)15-17-26-18-16-25(21-11-5-2-6-12-21)23(19-26)22-13-7-8-14-24(22)27-25/h1-14,23H,15-19H2/t23-,25+/m0/s1. The molecule has 3 aromatic carbocycles. The maximum atomic E-state index is 6.67. The van der Waals surface area contributed by atoms with Crippen LogP contribution in [0.5, 0.6) is 5.75 Å². The lowest BCUT2D eigenvalue weighted by molar-refractivity contribution is 0.000174. The van der Waals surface area contributed by atoms with E-state index in [4.69, 9.17) is 4.74 Å². The van der Waals surface area contributed by atoms with Crippen LogP contribution in [0.2, 0.25) is 0 Å². The second kappa shape index (κ2) is 6.86. The minimum atomic E-state index is -0.214. The number of hydrogen-bond acceptors (Lipinski definition) is 2. The zero-order chi connectivity index (χ0) is 18.1. The number of nitrogens with zero attached hydrogens (tertiary/aromatic N) is 1. The van der Waals surface area contributed by atoms with Crippen molar-refractivity contribution in [1.82, 2.24) is 4.90 Å². The van der Waals surface area contributed by atoms with Gasteiger partial charge in [0.05, 0.1) is 0 Å². The summed E-state index contributed by atoms with van der Waals surface area (Å²) in [4.78, 5) is 2.62. The van der Waals surface area contributed by atoms with Crippen molar-refractivity contribution in [2.75, 3.05) is 19.6 Å². The van der Waals surface area contributed by atoms with Crippen LogP contribution in [0, 0.1) is 0 Å². The van der Waals surface area contributed by atoms with E-state index in [-0.39, 0.29) is 5.60 Å². The van der Waals surface area contributed by atoms with Crippen LogP contribution < -0.4 is 4.74 Å². The molecule has 2 aliphatic heterocycles. The largest absolute Gasteiger partial charge is 0.482 e. The van der Waals surface area contributed by atoms with Crippen LogP contribution in [0.4, 0.5) is 0 Å². The molecule has 0 saturated carbocycles. The van der Waals surface area contributed by atoms with Crippen LogP contribution in [0.3, 0.4) is 0 Å². The summed E-state index contributed by atoms with van der Waals surface area (Å²) in [6.45, 7) is 3.23. The van der Waals surface area contributed by atoms with Gasteiger partial charge in [-0.15, -0.1) is 0 Å². The van der Waals surface area contributed by atoms with Crippen molar-refractivity contribution in [1.29, 1.82) is 0 Å². The molecule has 0 unspecified atom stereocenters. The van der Waals surface area contributed by atoms with Gasteiger partial charge in [0.1, 0.15) is 11.4 Å². The van der Waals surface area contributed by atoms with E-state index in [1.54, 1.807) is 0 Å². The van der Waals surface area contributed by atoms with Crippen LogP contribution in [0.25, 0.3) is 0 Å². The fourth-order valence-electron chi connectivity index (χ4n) is 4.78. The first kappa shape index (κ1) is 16.6. The smallest absolute Gasteiger partial charge is 0.143 e. The monoisotopic (exact) mass is 355 g/mol. The molecule has 0 bridgehead atoms. The van der Waals surface area contributed by atoms with E-state index in [0.29, 0.717) is 5.92 Å². The summed E-state index contributed by atoms with van der Waals surface area (Å²) in [5.74, 6) is 1.46. The van der Waals surface area contributed by atoms with Crippen LogP contribution in [-0.4, -0.2) is 24.5 Å². The molecule has 0 aromatic heterocycles. The Balaban J connectivity index is 1.42. The fourth-order valence-corrected chi connectivity index (χ4v) is 4.78. The summed E-state index contributed by atoms with van der Waals surface area (Å²) in [5, 5.41) is 0. The molecule has 136 valence electrons. The molecule has 2 nitrogen and oxygen atoms in total. The van der Waals surface area contributed by atoms with E-state index < -0.39 is 0 Å². The lowest BCUT2D eigenvalue weighted by Crippen LogP contribution is -2.49. The summed E-state index contributed by atoms with van der Waals surface area (Å²) in [6.07, 6.45) is 2.14. The number of rotatable bonds is 4. The van der Waals surface area contributed by atoms with Crippen LogP contribution in [0.15, 0.2) is 84.9 Å². The lowest BCUT2D eigenvalue weighted by Gasteiger charge is -2.43. The second-order valence-electron chi connectivity index (χ2n) is 7.73. The first-order valence-corrected chi connectivity index (χ1v) is 9.95. The molecule has 1 saturated heterocycles. The molecule has 0 spiro atoms. The number of piperidine rings is 1. The van der Waals surface area contributed by atoms with Gasteiger partial charge in [0.15, 0.2) is 0 Å². The van der Waals surface area contributed by atoms with Gasteiger partial charge >= 0.3 is 0 Å². The number of para-hydroxylation sites is 1. The van der Waals surface area contributed by atoms with Crippen LogP contribution >= 0.6 is 0 Å². The Bertz CT molecular complexity index is 908. The molecule has 0 radical (unpaired) electrons. The van der Waals surface area contributed by atoms with E-state index in [1.807, 2.05) is 0 Å². The van der Waals surface area contributed by atoms with E-state index in [2.05, 4.69) is 89.8 Å². The summed E-state index contributed by atoms with van der Waals surface area (Å²) in [5.41, 5.74) is 3.88. The van der Waals surface area contributed by atoms with Gasteiger partial charge < -0.3 is 9.64 Å². The molecule has 0 N–H and O–H groups in total. The van der Waals surface area contributed by atoms with Gasteiger partial charge in [0.25, 0.3) is 0 Å². The Hall–Kier alpha value is -2.58. The molecule has 27 heavy (non-hydrogen) atoms. The highest BCUT2D eigenvalue weighted by Crippen LogP contribution is 2.54. The van der Waals surface area contributed by atoms with Crippen molar-refractivity contribution < 1.29 is 4.74 Å². The summed E-state index contributed by atoms with van der Waals surface area (Å²) >= 11 is 0. The molecule has 2 atom stereocenters. The predicted octanol–water partition coefficient (Wildman–Crippen LogP) is 5.01. The van der Waals surface area contributed by atoms with Crippen molar-refractivity contribution in [3.63, 3.8) is 0 Å². The molecule has 2 aliphatic rings. The normalized spacial score (nSPS) is 24.1. The number of benzene rings is 3. The maximum Gasteiger partial charge on any atom is 0.143 e. The molecular weight excluding hydrogens is 330 g/mol. The molecule has 0 amide bonds. The second-order valence-corrected chi connectivity index (χ2v) is 7.73. The SMILES string of the molecule is c1ccc(CCN2CC[C@]3(c4ccccc4)Oc4ccccc4[C@@H]3C2)cc1. The summed E-state index contributed by atoms with van der Waals surface area (Å²) < 4.78 is 6.67. The van der Waals surface area contributed by atoms with Crippen molar-refractivity contribution in [3.8, 4) is 5.75 Å². The Kier molecular flexibility index (Phi) is 4.21. The maximum absolute atomic E-state index is 6.67. The predicted molar refractivity (Wildman–Crippen MR) is 109 cm³/mol. The van der Waals surface area contributed by atoms with Gasteiger partial charge in [-0.1, -0.05) is 78.9 Å². The van der Waals surface area contributed by atoms with Gasteiger partial charge in [-0.2, -0.15) is 0 Å². The average molecular weight is 355 g/mol. The first-order valence-electron chi connectivity index (χ1n) is 9.95. The zero-order valence-electron chi connectivity index (χ0n) is 15.6. The molecule has 0 aliphatic carbocycles. The lowest BCUT2D eigenvalue weighted by atomic mass is 9.74. The molecule has 5 rings (SSSR count). The number of likely N-dealkylation sites (tertiary alicyclic amines) is 1. The topological polar surface area (TPSA) is 12.5 Å². The molecular formula is C25H25NO. The minimum Gasteiger partial charge on any atom is -0.482 e. The number of ether oxygens (including phenoxy) is 1. The molecule has 3 aromatic rings. The van der Waals surface area contributed by atoms with Crippen molar-refractivity contribution in [3.05, 3.63) is 102 Å². The number of hydrogen-bond donors (Lipinski definition) is 0. The summed E-state index contributed by atoms with van der Waals surface area (Å²) in [6, 6.07) is 30.3. The number of fused-ring (bicyclic) bond motifs is 3. The highest BCUT2D eigenvalue weighted by atomic mass is 16.5. The van der Waals surface area contributed by atoms with Crippen molar-refractivity contribution >= 4 is 0 Å². The highest BCUT2D eigenvalue weighted by molar-refractivity contribution is 5.47. The zero-order valence-corrected chi connectivity index (χ0v) is 15.6. The van der Waals surface area contributed by atoms with E-state index in [0.717, 1.165) is 38.2 Å². The minimum absolute atomic E-state index is 0.214. The third-order valence-corrected chi connectivity index (χ3v) is 6.21. The van der Waals surface area contributed by atoms with Crippen molar-refractivity contribution in [2.24, 2.45) is 0 Å². The van der Waals surface area contributed by atoms with Crippen LogP contribution in [0.1, 0.15) is 29.0 Å². The quantitative estimate of drug-likeness (QED) is 0.652. The third-order valence-electron chi connectivity index (χ3n) is 6.21. The molecule has 2 heteroatoms. The Morgan fingerprint density at radius 1 is 0.852 bits per heavy atom. The third kappa shape index (κ3) is 2.94. The van der Waals surface area contributed by atoms with Gasteiger partial charge in [0, 0.05) is 37.5 Å². The molecule has 2 heterocycles.